The van der Waals surface area contributed by atoms with Crippen molar-refractivity contribution in [1.29, 1.82) is 0 Å². The number of ether oxygens (including phenoxy) is 1. The minimum atomic E-state index is -0.665. The molecule has 96 valence electrons. The van der Waals surface area contributed by atoms with Gasteiger partial charge in [-0.1, -0.05) is 0 Å². The quantitative estimate of drug-likeness (QED) is 0.579. The average Bonchev–Trinajstić information content (AvgIpc) is 2.99. The number of furan rings is 1. The van der Waals surface area contributed by atoms with Gasteiger partial charge in [0.1, 0.15) is 6.04 Å². The molecule has 2 rings (SSSR count). The van der Waals surface area contributed by atoms with E-state index in [1.165, 1.54) is 24.3 Å². The fourth-order valence-corrected chi connectivity index (χ4v) is 1.98. The van der Waals surface area contributed by atoms with Crippen molar-refractivity contribution in [2.24, 2.45) is 0 Å². The van der Waals surface area contributed by atoms with Gasteiger partial charge in [0.25, 0.3) is 0 Å². The van der Waals surface area contributed by atoms with Gasteiger partial charge in [0.05, 0.1) is 19.9 Å². The van der Waals surface area contributed by atoms with Crippen LogP contribution in [0.5, 0.6) is 0 Å². The summed E-state index contributed by atoms with van der Waals surface area (Å²) in [7, 11) is 1.26. The zero-order chi connectivity index (χ0) is 13.1. The predicted molar refractivity (Wildman–Crippen MR) is 59.8 cm³/mol. The monoisotopic (exact) mass is 251 g/mol. The lowest BCUT2D eigenvalue weighted by Crippen LogP contribution is -2.42. The second kappa shape index (κ2) is 5.03. The molecule has 1 amide bonds. The average molecular weight is 251 g/mol. The van der Waals surface area contributed by atoms with Crippen LogP contribution in [0.2, 0.25) is 0 Å². The smallest absolute Gasteiger partial charge is 0.328 e. The van der Waals surface area contributed by atoms with Crippen LogP contribution >= 0.6 is 0 Å². The molecule has 6 nitrogen and oxygen atoms in total. The van der Waals surface area contributed by atoms with Gasteiger partial charge in [0, 0.05) is 6.42 Å². The van der Waals surface area contributed by atoms with Crippen LogP contribution in [0.25, 0.3) is 0 Å². The van der Waals surface area contributed by atoms with Crippen molar-refractivity contribution >= 4 is 17.7 Å². The van der Waals surface area contributed by atoms with Crippen molar-refractivity contribution in [2.45, 2.75) is 18.9 Å². The minimum Gasteiger partial charge on any atom is -0.467 e. The van der Waals surface area contributed by atoms with Gasteiger partial charge in [-0.3, -0.25) is 9.59 Å². The number of Topliss-reactive ketones (excluding diaryl/α,β-unsaturated/α-hetero) is 1. The SMILES string of the molecule is COC(=O)C1CCC(=O)N1CC(=O)c1ccco1. The molecule has 0 bridgehead atoms. The number of nitrogens with zero attached hydrogens (tertiary/aromatic N) is 1. The molecule has 1 fully saturated rings. The highest BCUT2D eigenvalue weighted by Crippen LogP contribution is 2.20. The Morgan fingerprint density at radius 2 is 2.33 bits per heavy atom. The van der Waals surface area contributed by atoms with Crippen LogP contribution in [0.15, 0.2) is 22.8 Å². The van der Waals surface area contributed by atoms with Gasteiger partial charge in [-0.2, -0.15) is 0 Å². The number of ketones is 1. The Hall–Kier alpha value is -2.11. The van der Waals surface area contributed by atoms with Crippen molar-refractivity contribution in [2.75, 3.05) is 13.7 Å². The minimum absolute atomic E-state index is 0.161. The Morgan fingerprint density at radius 1 is 1.56 bits per heavy atom. The van der Waals surface area contributed by atoms with Crippen LogP contribution < -0.4 is 0 Å². The van der Waals surface area contributed by atoms with E-state index in [2.05, 4.69) is 4.74 Å². The number of rotatable bonds is 4. The summed E-state index contributed by atoms with van der Waals surface area (Å²) < 4.78 is 9.58. The molecule has 0 aliphatic carbocycles. The summed E-state index contributed by atoms with van der Waals surface area (Å²) in [5, 5.41) is 0. The number of methoxy groups -OCH3 is 1. The molecule has 6 heteroatoms. The molecule has 0 saturated carbocycles. The molecule has 2 heterocycles. The zero-order valence-corrected chi connectivity index (χ0v) is 9.92. The molecule has 1 aromatic rings. The molecule has 1 aliphatic rings. The fourth-order valence-electron chi connectivity index (χ4n) is 1.98. The third kappa shape index (κ3) is 2.27. The second-order valence-electron chi connectivity index (χ2n) is 4.00. The molecule has 1 atom stereocenters. The fraction of sp³-hybridized carbons (Fsp3) is 0.417. The number of carbonyl (C=O) groups is 3. The topological polar surface area (TPSA) is 76.8 Å². The van der Waals surface area contributed by atoms with Crippen LogP contribution in [0.1, 0.15) is 23.4 Å². The van der Waals surface area contributed by atoms with Gasteiger partial charge in [-0.25, -0.2) is 4.79 Å². The van der Waals surface area contributed by atoms with E-state index in [0.29, 0.717) is 6.42 Å². The molecule has 0 spiro atoms. The lowest BCUT2D eigenvalue weighted by atomic mass is 10.2. The maximum atomic E-state index is 11.8. The van der Waals surface area contributed by atoms with Crippen molar-refractivity contribution in [1.82, 2.24) is 4.90 Å². The van der Waals surface area contributed by atoms with E-state index in [1.54, 1.807) is 6.07 Å². The van der Waals surface area contributed by atoms with E-state index in [-0.39, 0.29) is 30.4 Å². The first-order valence-electron chi connectivity index (χ1n) is 5.57. The first-order valence-corrected chi connectivity index (χ1v) is 5.57. The summed E-state index contributed by atoms with van der Waals surface area (Å²) in [4.78, 5) is 36.2. The number of hydrogen-bond acceptors (Lipinski definition) is 5. The summed E-state index contributed by atoms with van der Waals surface area (Å²) >= 11 is 0. The highest BCUT2D eigenvalue weighted by Gasteiger charge is 2.38. The Balaban J connectivity index is 2.08. The summed E-state index contributed by atoms with van der Waals surface area (Å²) in [5.41, 5.74) is 0. The summed E-state index contributed by atoms with van der Waals surface area (Å²) in [6.45, 7) is -0.161. The largest absolute Gasteiger partial charge is 0.467 e. The van der Waals surface area contributed by atoms with Gasteiger partial charge in [0.2, 0.25) is 11.7 Å². The highest BCUT2D eigenvalue weighted by molar-refractivity contribution is 5.99. The van der Waals surface area contributed by atoms with Crippen LogP contribution in [-0.4, -0.2) is 42.3 Å². The van der Waals surface area contributed by atoms with Gasteiger partial charge >= 0.3 is 5.97 Å². The Labute approximate surface area is 103 Å². The van der Waals surface area contributed by atoms with E-state index >= 15 is 0 Å². The lowest BCUT2D eigenvalue weighted by Gasteiger charge is -2.21. The Kier molecular flexibility index (Phi) is 3.45. The molecule has 1 aliphatic heterocycles. The predicted octanol–water partition coefficient (Wildman–Crippen LogP) is 0.626. The van der Waals surface area contributed by atoms with E-state index in [1.807, 2.05) is 0 Å². The van der Waals surface area contributed by atoms with E-state index < -0.39 is 12.0 Å². The number of likely N-dealkylation sites (tertiary alicyclic amines) is 1. The van der Waals surface area contributed by atoms with Gasteiger partial charge < -0.3 is 14.1 Å². The first kappa shape index (κ1) is 12.3. The van der Waals surface area contributed by atoms with Crippen LogP contribution in [0.3, 0.4) is 0 Å². The molecular weight excluding hydrogens is 238 g/mol. The van der Waals surface area contributed by atoms with E-state index in [9.17, 15) is 14.4 Å². The summed E-state index contributed by atoms with van der Waals surface area (Å²) in [6.07, 6.45) is 2.03. The first-order chi connectivity index (χ1) is 8.63. The molecule has 1 unspecified atom stereocenters. The molecule has 18 heavy (non-hydrogen) atoms. The van der Waals surface area contributed by atoms with E-state index in [0.717, 1.165) is 0 Å². The van der Waals surface area contributed by atoms with Crippen LogP contribution in [0.4, 0.5) is 0 Å². The van der Waals surface area contributed by atoms with Crippen molar-refractivity contribution < 1.29 is 23.5 Å². The van der Waals surface area contributed by atoms with Crippen molar-refractivity contribution in [3.05, 3.63) is 24.2 Å². The normalized spacial score (nSPS) is 19.1. The van der Waals surface area contributed by atoms with Gasteiger partial charge in [-0.05, 0) is 18.6 Å². The second-order valence-corrected chi connectivity index (χ2v) is 4.00. The molecule has 0 radical (unpaired) electrons. The molecular formula is C12H13NO5. The Morgan fingerprint density at radius 3 is 2.94 bits per heavy atom. The van der Waals surface area contributed by atoms with Gasteiger partial charge in [-0.15, -0.1) is 0 Å². The molecule has 1 saturated heterocycles. The zero-order valence-electron chi connectivity index (χ0n) is 9.92. The summed E-state index contributed by atoms with van der Waals surface area (Å²) in [6, 6.07) is 2.45. The number of amides is 1. The maximum Gasteiger partial charge on any atom is 0.328 e. The van der Waals surface area contributed by atoms with Crippen LogP contribution in [0, 0.1) is 0 Å². The summed E-state index contributed by atoms with van der Waals surface area (Å²) in [5.74, 6) is -0.860. The Bertz CT molecular complexity index is 465. The van der Waals surface area contributed by atoms with Crippen LogP contribution in [-0.2, 0) is 14.3 Å². The van der Waals surface area contributed by atoms with Crippen molar-refractivity contribution in [3.8, 4) is 0 Å². The number of carbonyl (C=O) groups excluding carboxylic acids is 3. The number of hydrogen-bond donors (Lipinski definition) is 0. The lowest BCUT2D eigenvalue weighted by molar-refractivity contribution is -0.148. The molecule has 0 aromatic carbocycles. The maximum absolute atomic E-state index is 11.8. The standard InChI is InChI=1S/C12H13NO5/c1-17-12(16)8-4-5-11(15)13(8)7-9(14)10-3-2-6-18-10/h2-3,6,8H,4-5,7H2,1H3. The number of esters is 1. The van der Waals surface area contributed by atoms with Gasteiger partial charge in [0.15, 0.2) is 5.76 Å². The van der Waals surface area contributed by atoms with E-state index in [4.69, 9.17) is 4.42 Å². The third-order valence-corrected chi connectivity index (χ3v) is 2.91. The highest BCUT2D eigenvalue weighted by atomic mass is 16.5. The molecule has 1 aromatic heterocycles. The third-order valence-electron chi connectivity index (χ3n) is 2.91. The van der Waals surface area contributed by atoms with Crippen molar-refractivity contribution in [3.63, 3.8) is 0 Å². The molecule has 0 N–H and O–H groups in total.